The Kier molecular flexibility index (Phi) is 1.74. The summed E-state index contributed by atoms with van der Waals surface area (Å²) in [4.78, 5) is 11.7. The predicted molar refractivity (Wildman–Crippen MR) is 60.0 cm³/mol. The maximum Gasteiger partial charge on any atom is 0.234 e. The highest BCUT2D eigenvalue weighted by molar-refractivity contribution is 6.05. The third-order valence-electron chi connectivity index (χ3n) is 3.64. The van der Waals surface area contributed by atoms with Gasteiger partial charge in [-0.1, -0.05) is 6.07 Å². The number of fused-ring (bicyclic) bond motifs is 1. The molecule has 1 aliphatic carbocycles. The van der Waals surface area contributed by atoms with E-state index in [1.54, 1.807) is 6.07 Å². The summed E-state index contributed by atoms with van der Waals surface area (Å²) in [5.41, 5.74) is 1.61. The van der Waals surface area contributed by atoms with Crippen LogP contribution >= 0.6 is 0 Å². The number of nitrogens with one attached hydrogen (secondary N) is 1. The van der Waals surface area contributed by atoms with E-state index in [1.165, 1.54) is 0 Å². The molecule has 0 spiro atoms. The van der Waals surface area contributed by atoms with E-state index < -0.39 is 5.41 Å². The van der Waals surface area contributed by atoms with Crippen molar-refractivity contribution in [1.82, 2.24) is 0 Å². The van der Waals surface area contributed by atoms with Crippen LogP contribution in [0.5, 0.6) is 0 Å². The summed E-state index contributed by atoms with van der Waals surface area (Å²) in [5, 5.41) is 2.63. The highest BCUT2D eigenvalue weighted by Gasteiger charge is 2.41. The van der Waals surface area contributed by atoms with Gasteiger partial charge >= 0.3 is 0 Å². The minimum Gasteiger partial charge on any atom is -0.323 e. The molecule has 0 saturated heterocycles. The zero-order valence-electron chi connectivity index (χ0n) is 9.43. The van der Waals surface area contributed by atoms with Gasteiger partial charge in [-0.3, -0.25) is 4.79 Å². The molecule has 2 nitrogen and oxygen atoms in total. The van der Waals surface area contributed by atoms with Gasteiger partial charge in [-0.05, 0) is 49.8 Å². The molecule has 3 rings (SSSR count). The topological polar surface area (TPSA) is 29.1 Å². The van der Waals surface area contributed by atoms with E-state index in [1.807, 2.05) is 19.9 Å². The first-order chi connectivity index (χ1) is 7.50. The molecule has 0 aromatic heterocycles. The van der Waals surface area contributed by atoms with E-state index in [4.69, 9.17) is 0 Å². The zero-order valence-corrected chi connectivity index (χ0v) is 9.43. The lowest BCUT2D eigenvalue weighted by Crippen LogP contribution is -2.26. The van der Waals surface area contributed by atoms with Crippen molar-refractivity contribution < 1.29 is 9.18 Å². The Bertz CT molecular complexity index is 489. The molecule has 0 bridgehead atoms. The van der Waals surface area contributed by atoms with Crippen LogP contribution in [0.15, 0.2) is 12.1 Å². The minimum absolute atomic E-state index is 0.116. The Morgan fingerprint density at radius 1 is 1.38 bits per heavy atom. The summed E-state index contributed by atoms with van der Waals surface area (Å²) in [7, 11) is 0. The van der Waals surface area contributed by atoms with Gasteiger partial charge in [-0.2, -0.15) is 0 Å². The minimum atomic E-state index is -0.610. The quantitative estimate of drug-likeness (QED) is 0.773. The molecule has 1 N–H and O–H groups in total. The summed E-state index contributed by atoms with van der Waals surface area (Å²) in [5.74, 6) is 0.0963. The molecule has 3 heteroatoms. The average Bonchev–Trinajstić information content (AvgIpc) is 3.00. The molecule has 0 radical (unpaired) electrons. The van der Waals surface area contributed by atoms with Gasteiger partial charge in [-0.15, -0.1) is 0 Å². The first kappa shape index (κ1) is 9.82. The van der Waals surface area contributed by atoms with Crippen molar-refractivity contribution in [3.05, 3.63) is 29.1 Å². The van der Waals surface area contributed by atoms with Crippen molar-refractivity contribution >= 4 is 11.6 Å². The number of rotatable bonds is 1. The van der Waals surface area contributed by atoms with Crippen LogP contribution in [0.2, 0.25) is 0 Å². The van der Waals surface area contributed by atoms with E-state index in [0.29, 0.717) is 11.6 Å². The molecular formula is C13H14FNO. The molecule has 1 heterocycles. The number of hydrogen-bond acceptors (Lipinski definition) is 1. The van der Waals surface area contributed by atoms with Gasteiger partial charge in [0.2, 0.25) is 5.91 Å². The van der Waals surface area contributed by atoms with Crippen LogP contribution in [-0.4, -0.2) is 5.91 Å². The van der Waals surface area contributed by atoms with Gasteiger partial charge in [0, 0.05) is 0 Å². The maximum absolute atomic E-state index is 13.8. The average molecular weight is 219 g/mol. The molecule has 84 valence electrons. The lowest BCUT2D eigenvalue weighted by molar-refractivity contribution is -0.119. The smallest absolute Gasteiger partial charge is 0.234 e. The van der Waals surface area contributed by atoms with Crippen LogP contribution in [0, 0.1) is 5.82 Å². The monoisotopic (exact) mass is 219 g/mol. The van der Waals surface area contributed by atoms with Crippen LogP contribution in [0.1, 0.15) is 43.7 Å². The summed E-state index contributed by atoms with van der Waals surface area (Å²) in [6.07, 6.45) is 2.28. The molecule has 1 aromatic carbocycles. The Morgan fingerprint density at radius 3 is 2.69 bits per heavy atom. The number of hydrogen-bond donors (Lipinski definition) is 1. The highest BCUT2D eigenvalue weighted by Crippen LogP contribution is 2.45. The van der Waals surface area contributed by atoms with Crippen LogP contribution in [0.4, 0.5) is 10.1 Å². The molecule has 1 aliphatic heterocycles. The Morgan fingerprint density at radius 2 is 2.06 bits per heavy atom. The van der Waals surface area contributed by atoms with Crippen molar-refractivity contribution in [1.29, 1.82) is 0 Å². The predicted octanol–water partition coefficient (Wildman–Crippen LogP) is 2.93. The lowest BCUT2D eigenvalue weighted by Gasteiger charge is -2.15. The van der Waals surface area contributed by atoms with E-state index in [-0.39, 0.29) is 11.7 Å². The van der Waals surface area contributed by atoms with E-state index in [2.05, 4.69) is 5.32 Å². The van der Waals surface area contributed by atoms with Gasteiger partial charge in [0.15, 0.2) is 0 Å². The summed E-state index contributed by atoms with van der Waals surface area (Å²) in [6, 6.07) is 3.56. The summed E-state index contributed by atoms with van der Waals surface area (Å²) < 4.78 is 13.8. The number of anilines is 1. The molecule has 1 aromatic rings. The number of carbonyl (C=O) groups is 1. The third kappa shape index (κ3) is 1.20. The second-order valence-corrected chi connectivity index (χ2v) is 5.28. The molecule has 16 heavy (non-hydrogen) atoms. The van der Waals surface area contributed by atoms with Crippen LogP contribution in [-0.2, 0) is 10.2 Å². The van der Waals surface area contributed by atoms with E-state index in [0.717, 1.165) is 24.0 Å². The van der Waals surface area contributed by atoms with Crippen molar-refractivity contribution in [3.63, 3.8) is 0 Å². The number of amides is 1. The van der Waals surface area contributed by atoms with Crippen molar-refractivity contribution in [2.45, 2.75) is 38.0 Å². The third-order valence-corrected chi connectivity index (χ3v) is 3.64. The number of halogens is 1. The van der Waals surface area contributed by atoms with Crippen LogP contribution < -0.4 is 5.32 Å². The largest absolute Gasteiger partial charge is 0.323 e. The molecule has 1 saturated carbocycles. The van der Waals surface area contributed by atoms with Crippen LogP contribution in [0.3, 0.4) is 0 Å². The molecule has 0 atom stereocenters. The molecular weight excluding hydrogens is 205 g/mol. The van der Waals surface area contributed by atoms with E-state index in [9.17, 15) is 9.18 Å². The first-order valence-electron chi connectivity index (χ1n) is 5.65. The highest BCUT2D eigenvalue weighted by atomic mass is 19.1. The molecule has 1 amide bonds. The fourth-order valence-electron chi connectivity index (χ4n) is 2.29. The Labute approximate surface area is 93.9 Å². The van der Waals surface area contributed by atoms with Crippen molar-refractivity contribution in [2.24, 2.45) is 0 Å². The summed E-state index contributed by atoms with van der Waals surface area (Å²) >= 11 is 0. The second-order valence-electron chi connectivity index (χ2n) is 5.28. The normalized spacial score (nSPS) is 21.8. The van der Waals surface area contributed by atoms with Gasteiger partial charge in [0.1, 0.15) is 5.82 Å². The molecule has 0 unspecified atom stereocenters. The lowest BCUT2D eigenvalue weighted by atomic mass is 9.85. The Balaban J connectivity index is 2.19. The number of benzene rings is 1. The van der Waals surface area contributed by atoms with Gasteiger partial charge in [-0.25, -0.2) is 4.39 Å². The second kappa shape index (κ2) is 2.84. The molecule has 1 fully saturated rings. The first-order valence-corrected chi connectivity index (χ1v) is 5.65. The Hall–Kier alpha value is -1.38. The standard InChI is InChI=1S/C13H14FNO/c1-13(2)9-5-8(7-3-4-7)6-10(14)11(9)15-12(13)16/h5-7H,3-4H2,1-2H3,(H,15,16). The van der Waals surface area contributed by atoms with Crippen molar-refractivity contribution in [3.8, 4) is 0 Å². The SMILES string of the molecule is CC1(C)C(=O)Nc2c(F)cc(C3CC3)cc21. The number of carbonyl (C=O) groups excluding carboxylic acids is 1. The van der Waals surface area contributed by atoms with Crippen LogP contribution in [0.25, 0.3) is 0 Å². The van der Waals surface area contributed by atoms with E-state index >= 15 is 0 Å². The fraction of sp³-hybridized carbons (Fsp3) is 0.462. The zero-order chi connectivity index (χ0) is 11.5. The molecule has 2 aliphatic rings. The summed E-state index contributed by atoms with van der Waals surface area (Å²) in [6.45, 7) is 3.68. The van der Waals surface area contributed by atoms with Crippen molar-refractivity contribution in [2.75, 3.05) is 5.32 Å². The fourth-order valence-corrected chi connectivity index (χ4v) is 2.29. The van der Waals surface area contributed by atoms with Gasteiger partial charge < -0.3 is 5.32 Å². The maximum atomic E-state index is 13.8. The van der Waals surface area contributed by atoms with Gasteiger partial charge in [0.25, 0.3) is 0 Å². The van der Waals surface area contributed by atoms with Gasteiger partial charge in [0.05, 0.1) is 11.1 Å².